The molecule has 39 heavy (non-hydrogen) atoms. The summed E-state index contributed by atoms with van der Waals surface area (Å²) in [6.07, 6.45) is 4.06. The second kappa shape index (κ2) is 13.2. The molecule has 0 saturated heterocycles. The second-order valence-corrected chi connectivity index (χ2v) is 7.82. The minimum atomic E-state index is -1.09. The van der Waals surface area contributed by atoms with Gasteiger partial charge in [0.1, 0.15) is 5.75 Å². The number of carbonyl (C=O) groups excluding carboxylic acids is 3. The third-order valence-electron chi connectivity index (χ3n) is 5.11. The summed E-state index contributed by atoms with van der Waals surface area (Å²) in [5.41, 5.74) is 0.998. The molecule has 0 aliphatic rings. The molecular formula is C28H23NO10. The summed E-state index contributed by atoms with van der Waals surface area (Å²) in [6.45, 7) is 0. The van der Waals surface area contributed by atoms with Crippen LogP contribution in [0.25, 0.3) is 12.2 Å². The second-order valence-electron chi connectivity index (χ2n) is 7.82. The van der Waals surface area contributed by atoms with Crippen molar-refractivity contribution >= 4 is 35.6 Å². The molecule has 1 N–H and O–H groups in total. The van der Waals surface area contributed by atoms with Gasteiger partial charge >= 0.3 is 6.16 Å². The molecule has 0 aliphatic heterocycles. The van der Waals surface area contributed by atoms with E-state index in [9.17, 15) is 29.6 Å². The minimum absolute atomic E-state index is 0.0281. The maximum absolute atomic E-state index is 12.2. The van der Waals surface area contributed by atoms with Crippen LogP contribution in [0.1, 0.15) is 17.5 Å². The molecule has 0 radical (unpaired) electrons. The highest BCUT2D eigenvalue weighted by Gasteiger charge is 2.14. The van der Waals surface area contributed by atoms with E-state index < -0.39 is 22.6 Å². The molecule has 0 saturated carbocycles. The van der Waals surface area contributed by atoms with Gasteiger partial charge in [0.2, 0.25) is 0 Å². The first-order chi connectivity index (χ1) is 18.7. The van der Waals surface area contributed by atoms with Crippen molar-refractivity contribution in [3.8, 4) is 28.7 Å². The molecule has 0 unspecified atom stereocenters. The van der Waals surface area contributed by atoms with Crippen LogP contribution in [-0.4, -0.2) is 42.0 Å². The van der Waals surface area contributed by atoms with E-state index in [1.165, 1.54) is 81.0 Å². The zero-order chi connectivity index (χ0) is 28.4. The van der Waals surface area contributed by atoms with Crippen molar-refractivity contribution in [2.45, 2.75) is 6.42 Å². The number of rotatable bonds is 11. The predicted molar refractivity (Wildman–Crippen MR) is 140 cm³/mol. The summed E-state index contributed by atoms with van der Waals surface area (Å²) >= 11 is 0. The summed E-state index contributed by atoms with van der Waals surface area (Å²) in [5, 5.41) is 20.3. The van der Waals surface area contributed by atoms with Gasteiger partial charge < -0.3 is 24.1 Å². The molecule has 0 spiro atoms. The number of benzene rings is 3. The number of hydrogen-bond donors (Lipinski definition) is 1. The van der Waals surface area contributed by atoms with E-state index >= 15 is 0 Å². The van der Waals surface area contributed by atoms with Crippen LogP contribution in [0.2, 0.25) is 0 Å². The van der Waals surface area contributed by atoms with E-state index in [1.54, 1.807) is 18.2 Å². The summed E-state index contributed by atoms with van der Waals surface area (Å²) < 4.78 is 20.4. The highest BCUT2D eigenvalue weighted by atomic mass is 16.7. The lowest BCUT2D eigenvalue weighted by Gasteiger charge is -2.10. The van der Waals surface area contributed by atoms with E-state index in [1.807, 2.05) is 0 Å². The normalized spacial score (nSPS) is 10.8. The van der Waals surface area contributed by atoms with Crippen molar-refractivity contribution in [1.29, 1.82) is 0 Å². The number of non-ortho nitro benzene ring substituents is 1. The number of ketones is 2. The Kier molecular flexibility index (Phi) is 9.52. The van der Waals surface area contributed by atoms with Crippen LogP contribution in [0, 0.1) is 10.1 Å². The number of nitro benzene ring substituents is 1. The number of carbonyl (C=O) groups is 3. The molecule has 0 amide bonds. The SMILES string of the molecule is COc1cc(/C=C/C(=O)CC(=O)/C=C/c2ccc(OC(=O)Oc3ccc([N+](=O)[O-])cc3)c(OC)c2)ccc1O. The van der Waals surface area contributed by atoms with Gasteiger partial charge in [0.15, 0.2) is 34.6 Å². The molecular weight excluding hydrogens is 510 g/mol. The van der Waals surface area contributed by atoms with Crippen molar-refractivity contribution in [2.75, 3.05) is 14.2 Å². The number of phenols is 1. The van der Waals surface area contributed by atoms with E-state index in [0.29, 0.717) is 11.1 Å². The maximum Gasteiger partial charge on any atom is 0.519 e. The first-order valence-corrected chi connectivity index (χ1v) is 11.3. The smallest absolute Gasteiger partial charge is 0.504 e. The first kappa shape index (κ1) is 28.1. The van der Waals surface area contributed by atoms with Gasteiger partial charge in [-0.15, -0.1) is 0 Å². The van der Waals surface area contributed by atoms with Crippen LogP contribution in [0.15, 0.2) is 72.8 Å². The average molecular weight is 533 g/mol. The quantitative estimate of drug-likeness (QED) is 0.0874. The van der Waals surface area contributed by atoms with Gasteiger partial charge in [-0.25, -0.2) is 4.79 Å². The summed E-state index contributed by atoms with van der Waals surface area (Å²) in [4.78, 5) is 46.6. The van der Waals surface area contributed by atoms with Gasteiger partial charge in [-0.2, -0.15) is 0 Å². The Morgan fingerprint density at radius 2 is 1.36 bits per heavy atom. The van der Waals surface area contributed by atoms with Crippen LogP contribution in [0.3, 0.4) is 0 Å². The number of nitro groups is 1. The van der Waals surface area contributed by atoms with Gasteiger partial charge in [0, 0.05) is 12.1 Å². The van der Waals surface area contributed by atoms with Gasteiger partial charge in [-0.3, -0.25) is 19.7 Å². The number of aromatic hydroxyl groups is 1. The lowest BCUT2D eigenvalue weighted by Crippen LogP contribution is -2.14. The molecule has 3 rings (SSSR count). The summed E-state index contributed by atoms with van der Waals surface area (Å²) in [6, 6.07) is 14.0. The van der Waals surface area contributed by atoms with Crippen LogP contribution < -0.4 is 18.9 Å². The largest absolute Gasteiger partial charge is 0.519 e. The molecule has 3 aromatic carbocycles. The zero-order valence-electron chi connectivity index (χ0n) is 20.9. The number of ether oxygens (including phenoxy) is 4. The lowest BCUT2D eigenvalue weighted by atomic mass is 10.1. The third-order valence-corrected chi connectivity index (χ3v) is 5.11. The molecule has 200 valence electrons. The fraction of sp³-hybridized carbons (Fsp3) is 0.107. The lowest BCUT2D eigenvalue weighted by molar-refractivity contribution is -0.384. The van der Waals surface area contributed by atoms with Gasteiger partial charge in [-0.1, -0.05) is 24.3 Å². The molecule has 0 fully saturated rings. The average Bonchev–Trinajstić information content (AvgIpc) is 2.92. The predicted octanol–water partition coefficient (Wildman–Crippen LogP) is 5.15. The maximum atomic E-state index is 12.2. The fourth-order valence-corrected chi connectivity index (χ4v) is 3.18. The number of methoxy groups -OCH3 is 2. The number of hydrogen-bond acceptors (Lipinski definition) is 10. The Morgan fingerprint density at radius 3 is 1.92 bits per heavy atom. The standard InChI is InChI=1S/C28H23NO10/c1-36-26-15-18(5-13-24(26)32)3-9-21(30)17-22(31)10-4-19-6-14-25(27(16-19)37-2)39-28(33)38-23-11-7-20(8-12-23)29(34)35/h3-16,32H,17H2,1-2H3/b9-3+,10-4+. The van der Waals surface area contributed by atoms with Crippen LogP contribution in [-0.2, 0) is 9.59 Å². The van der Waals surface area contributed by atoms with Crippen molar-refractivity contribution < 1.29 is 43.4 Å². The highest BCUT2D eigenvalue weighted by molar-refractivity contribution is 6.10. The Labute approximate surface area is 222 Å². The Hall–Kier alpha value is -5.45. The highest BCUT2D eigenvalue weighted by Crippen LogP contribution is 2.30. The molecule has 0 heterocycles. The third kappa shape index (κ3) is 8.29. The molecule has 11 heteroatoms. The number of allylic oxidation sites excluding steroid dienone is 2. The van der Waals surface area contributed by atoms with E-state index in [-0.39, 0.29) is 40.9 Å². The van der Waals surface area contributed by atoms with Crippen molar-refractivity contribution in [1.82, 2.24) is 0 Å². The van der Waals surface area contributed by atoms with Crippen molar-refractivity contribution in [2.24, 2.45) is 0 Å². The molecule has 11 nitrogen and oxygen atoms in total. The summed E-state index contributed by atoms with van der Waals surface area (Å²) in [5.74, 6) is -0.345. The number of phenolic OH excluding ortho intramolecular Hbond substituents is 1. The van der Waals surface area contributed by atoms with E-state index in [4.69, 9.17) is 18.9 Å². The zero-order valence-corrected chi connectivity index (χ0v) is 20.9. The van der Waals surface area contributed by atoms with E-state index in [2.05, 4.69) is 0 Å². The Morgan fingerprint density at radius 1 is 0.795 bits per heavy atom. The van der Waals surface area contributed by atoms with Crippen LogP contribution in [0.4, 0.5) is 10.5 Å². The van der Waals surface area contributed by atoms with Crippen molar-refractivity contribution in [3.05, 3.63) is 94.1 Å². The topological polar surface area (TPSA) is 152 Å². The van der Waals surface area contributed by atoms with Crippen molar-refractivity contribution in [3.63, 3.8) is 0 Å². The van der Waals surface area contributed by atoms with Crippen LogP contribution >= 0.6 is 0 Å². The molecule has 0 bridgehead atoms. The Bertz CT molecular complexity index is 1440. The van der Waals surface area contributed by atoms with Gasteiger partial charge in [-0.05, 0) is 59.7 Å². The summed E-state index contributed by atoms with van der Waals surface area (Å²) in [7, 11) is 2.77. The van der Waals surface area contributed by atoms with Crippen LogP contribution in [0.5, 0.6) is 28.7 Å². The molecule has 0 aromatic heterocycles. The molecule has 0 aliphatic carbocycles. The van der Waals surface area contributed by atoms with Gasteiger partial charge in [0.25, 0.3) is 5.69 Å². The first-order valence-electron chi connectivity index (χ1n) is 11.3. The minimum Gasteiger partial charge on any atom is -0.504 e. The van der Waals surface area contributed by atoms with Gasteiger partial charge in [0.05, 0.1) is 25.6 Å². The molecule has 0 atom stereocenters. The fourth-order valence-electron chi connectivity index (χ4n) is 3.18. The molecule has 3 aromatic rings. The Balaban J connectivity index is 1.57. The number of nitrogens with zero attached hydrogens (tertiary/aromatic N) is 1. The van der Waals surface area contributed by atoms with E-state index in [0.717, 1.165) is 0 Å². The monoisotopic (exact) mass is 533 g/mol.